The van der Waals surface area contributed by atoms with Gasteiger partial charge in [-0.05, 0) is 37.3 Å². The lowest BCUT2D eigenvalue weighted by Gasteiger charge is -2.25. The van der Waals surface area contributed by atoms with E-state index in [0.29, 0.717) is 6.42 Å². The van der Waals surface area contributed by atoms with E-state index in [1.807, 2.05) is 31.2 Å². The lowest BCUT2D eigenvalue weighted by Crippen LogP contribution is -2.46. The van der Waals surface area contributed by atoms with Gasteiger partial charge in [0.05, 0.1) is 0 Å². The average molecular weight is 270 g/mol. The number of benzene rings is 1. The SMILES string of the molecule is CCC(Cc1ccccc1Cl)CC(C)(N)C(=O)O. The Balaban J connectivity index is 2.75. The van der Waals surface area contributed by atoms with Crippen LogP contribution in [0.15, 0.2) is 24.3 Å². The van der Waals surface area contributed by atoms with E-state index in [-0.39, 0.29) is 5.92 Å². The highest BCUT2D eigenvalue weighted by atomic mass is 35.5. The zero-order chi connectivity index (χ0) is 13.8. The first-order chi connectivity index (χ1) is 8.36. The van der Waals surface area contributed by atoms with Crippen LogP contribution >= 0.6 is 11.6 Å². The van der Waals surface area contributed by atoms with Gasteiger partial charge in [0.1, 0.15) is 5.54 Å². The molecule has 0 saturated carbocycles. The Morgan fingerprint density at radius 3 is 2.61 bits per heavy atom. The third-order valence-electron chi connectivity index (χ3n) is 3.25. The molecule has 0 aliphatic heterocycles. The van der Waals surface area contributed by atoms with Crippen LogP contribution in [0.3, 0.4) is 0 Å². The van der Waals surface area contributed by atoms with Gasteiger partial charge < -0.3 is 10.8 Å². The second-order valence-electron chi connectivity index (χ2n) is 5.00. The summed E-state index contributed by atoms with van der Waals surface area (Å²) in [6.45, 7) is 3.60. The molecular formula is C14H20ClNO2. The molecule has 4 heteroatoms. The Hall–Kier alpha value is -1.06. The topological polar surface area (TPSA) is 63.3 Å². The molecule has 0 spiro atoms. The maximum Gasteiger partial charge on any atom is 0.323 e. The molecule has 3 nitrogen and oxygen atoms in total. The summed E-state index contributed by atoms with van der Waals surface area (Å²) in [7, 11) is 0. The molecule has 0 aliphatic rings. The van der Waals surface area contributed by atoms with Gasteiger partial charge in [-0.15, -0.1) is 0 Å². The van der Waals surface area contributed by atoms with Crippen molar-refractivity contribution < 1.29 is 9.90 Å². The molecule has 100 valence electrons. The highest BCUT2D eigenvalue weighted by molar-refractivity contribution is 6.31. The molecule has 0 aromatic heterocycles. The summed E-state index contributed by atoms with van der Waals surface area (Å²) in [6.07, 6.45) is 2.09. The van der Waals surface area contributed by atoms with Crippen LogP contribution in [-0.4, -0.2) is 16.6 Å². The van der Waals surface area contributed by atoms with Gasteiger partial charge in [-0.2, -0.15) is 0 Å². The first kappa shape index (κ1) is 15.0. The standard InChI is InChI=1S/C14H20ClNO2/c1-3-10(9-14(2,16)13(17)18)8-11-6-4-5-7-12(11)15/h4-7,10H,3,8-9,16H2,1-2H3,(H,17,18). The van der Waals surface area contributed by atoms with Crippen LogP contribution in [0.2, 0.25) is 5.02 Å². The summed E-state index contributed by atoms with van der Waals surface area (Å²) in [6, 6.07) is 7.64. The van der Waals surface area contributed by atoms with E-state index >= 15 is 0 Å². The molecule has 2 unspecified atom stereocenters. The molecule has 0 fully saturated rings. The van der Waals surface area contributed by atoms with Crippen molar-refractivity contribution in [3.05, 3.63) is 34.9 Å². The molecule has 0 bridgehead atoms. The van der Waals surface area contributed by atoms with Gasteiger partial charge >= 0.3 is 5.97 Å². The van der Waals surface area contributed by atoms with Gasteiger partial charge in [-0.25, -0.2) is 0 Å². The normalized spacial score (nSPS) is 16.0. The highest BCUT2D eigenvalue weighted by Gasteiger charge is 2.30. The van der Waals surface area contributed by atoms with Gasteiger partial charge in [0.25, 0.3) is 0 Å². The predicted molar refractivity (Wildman–Crippen MR) is 73.8 cm³/mol. The minimum atomic E-state index is -1.18. The molecule has 0 amide bonds. The fraction of sp³-hybridized carbons (Fsp3) is 0.500. The molecule has 0 radical (unpaired) electrons. The van der Waals surface area contributed by atoms with E-state index in [4.69, 9.17) is 22.4 Å². The Morgan fingerprint density at radius 1 is 1.50 bits per heavy atom. The number of carboxylic acids is 1. The Labute approximate surface area is 113 Å². The first-order valence-corrected chi connectivity index (χ1v) is 6.50. The van der Waals surface area contributed by atoms with Gasteiger partial charge in [0, 0.05) is 5.02 Å². The molecule has 0 saturated heterocycles. The second-order valence-corrected chi connectivity index (χ2v) is 5.40. The molecule has 1 aromatic carbocycles. The summed E-state index contributed by atoms with van der Waals surface area (Å²) in [5.74, 6) is -0.740. The van der Waals surface area contributed by atoms with Gasteiger partial charge in [-0.3, -0.25) is 4.79 Å². The summed E-state index contributed by atoms with van der Waals surface area (Å²) in [5.41, 5.74) is 5.66. The molecule has 1 rings (SSSR count). The second kappa shape index (κ2) is 6.21. The van der Waals surface area contributed by atoms with Crippen LogP contribution in [0.4, 0.5) is 0 Å². The number of aliphatic carboxylic acids is 1. The molecule has 18 heavy (non-hydrogen) atoms. The van der Waals surface area contributed by atoms with Gasteiger partial charge in [0.15, 0.2) is 0 Å². The predicted octanol–water partition coefficient (Wildman–Crippen LogP) is 3.10. The number of hydrogen-bond donors (Lipinski definition) is 2. The number of rotatable bonds is 6. The lowest BCUT2D eigenvalue weighted by atomic mass is 9.84. The van der Waals surface area contributed by atoms with Crippen molar-refractivity contribution in [2.75, 3.05) is 0 Å². The molecule has 0 aliphatic carbocycles. The monoisotopic (exact) mass is 269 g/mol. The van der Waals surface area contributed by atoms with Gasteiger partial charge in [-0.1, -0.05) is 43.1 Å². The summed E-state index contributed by atoms with van der Waals surface area (Å²) >= 11 is 6.11. The van der Waals surface area contributed by atoms with E-state index in [9.17, 15) is 4.79 Å². The smallest absolute Gasteiger partial charge is 0.323 e. The minimum Gasteiger partial charge on any atom is -0.480 e. The van der Waals surface area contributed by atoms with E-state index in [1.165, 1.54) is 0 Å². The number of hydrogen-bond acceptors (Lipinski definition) is 2. The van der Waals surface area contributed by atoms with Crippen molar-refractivity contribution in [3.8, 4) is 0 Å². The number of nitrogens with two attached hydrogens (primary N) is 1. The van der Waals surface area contributed by atoms with Crippen LogP contribution in [0.25, 0.3) is 0 Å². The van der Waals surface area contributed by atoms with Crippen LogP contribution in [0, 0.1) is 5.92 Å². The van der Waals surface area contributed by atoms with E-state index < -0.39 is 11.5 Å². The van der Waals surface area contributed by atoms with E-state index in [2.05, 4.69) is 0 Å². The Morgan fingerprint density at radius 2 is 2.11 bits per heavy atom. The number of carbonyl (C=O) groups is 1. The van der Waals surface area contributed by atoms with Crippen LogP contribution < -0.4 is 5.73 Å². The zero-order valence-electron chi connectivity index (χ0n) is 10.8. The zero-order valence-corrected chi connectivity index (χ0v) is 11.6. The Kier molecular flexibility index (Phi) is 5.17. The Bertz CT molecular complexity index is 418. The minimum absolute atomic E-state index is 0.219. The van der Waals surface area contributed by atoms with E-state index in [0.717, 1.165) is 23.4 Å². The molecule has 0 heterocycles. The summed E-state index contributed by atoms with van der Waals surface area (Å²) in [4.78, 5) is 11.0. The molecular weight excluding hydrogens is 250 g/mol. The maximum absolute atomic E-state index is 11.0. The summed E-state index contributed by atoms with van der Waals surface area (Å²) in [5, 5.41) is 9.78. The van der Waals surface area contributed by atoms with Crippen molar-refractivity contribution in [2.45, 2.75) is 38.6 Å². The third kappa shape index (κ3) is 4.00. The van der Waals surface area contributed by atoms with Crippen molar-refractivity contribution in [3.63, 3.8) is 0 Å². The fourth-order valence-electron chi connectivity index (χ4n) is 2.02. The maximum atomic E-state index is 11.0. The quantitative estimate of drug-likeness (QED) is 0.834. The van der Waals surface area contributed by atoms with Crippen LogP contribution in [0.5, 0.6) is 0 Å². The molecule has 1 aromatic rings. The molecule has 2 atom stereocenters. The van der Waals surface area contributed by atoms with Crippen LogP contribution in [-0.2, 0) is 11.2 Å². The van der Waals surface area contributed by atoms with Crippen molar-refractivity contribution in [2.24, 2.45) is 11.7 Å². The van der Waals surface area contributed by atoms with Crippen LogP contribution in [0.1, 0.15) is 32.3 Å². The summed E-state index contributed by atoms with van der Waals surface area (Å²) < 4.78 is 0. The largest absolute Gasteiger partial charge is 0.480 e. The van der Waals surface area contributed by atoms with Crippen molar-refractivity contribution in [1.29, 1.82) is 0 Å². The number of carboxylic acid groups (broad SMARTS) is 1. The third-order valence-corrected chi connectivity index (χ3v) is 3.61. The highest BCUT2D eigenvalue weighted by Crippen LogP contribution is 2.25. The van der Waals surface area contributed by atoms with Crippen molar-refractivity contribution >= 4 is 17.6 Å². The van der Waals surface area contributed by atoms with E-state index in [1.54, 1.807) is 6.92 Å². The fourth-order valence-corrected chi connectivity index (χ4v) is 2.24. The average Bonchev–Trinajstić information content (AvgIpc) is 2.30. The molecule has 3 N–H and O–H groups in total. The van der Waals surface area contributed by atoms with Gasteiger partial charge in [0.2, 0.25) is 0 Å². The number of halogens is 1. The lowest BCUT2D eigenvalue weighted by molar-refractivity contribution is -0.143. The first-order valence-electron chi connectivity index (χ1n) is 6.12. The van der Waals surface area contributed by atoms with Crippen molar-refractivity contribution in [1.82, 2.24) is 0 Å².